The molecule has 0 heterocycles. The number of nitrogens with zero attached hydrogens (tertiary/aromatic N) is 1. The first-order valence-corrected chi connectivity index (χ1v) is 10.3. The van der Waals surface area contributed by atoms with Gasteiger partial charge in [-0.2, -0.15) is 4.31 Å². The zero-order valence-corrected chi connectivity index (χ0v) is 16.8. The van der Waals surface area contributed by atoms with Gasteiger partial charge < -0.3 is 10.1 Å². The van der Waals surface area contributed by atoms with Gasteiger partial charge in [0.25, 0.3) is 10.0 Å². The Morgan fingerprint density at radius 1 is 0.833 bits per heavy atom. The number of amides is 4. The first-order chi connectivity index (χ1) is 14.4. The normalized spacial score (nSPS) is 10.7. The van der Waals surface area contributed by atoms with Crippen molar-refractivity contribution in [2.45, 2.75) is 4.90 Å². The highest BCUT2D eigenvalue weighted by Gasteiger charge is 2.32. The second-order valence-electron chi connectivity index (χ2n) is 6.00. The van der Waals surface area contributed by atoms with Crippen molar-refractivity contribution in [1.29, 1.82) is 0 Å². The van der Waals surface area contributed by atoms with E-state index in [9.17, 15) is 18.0 Å². The maximum Gasteiger partial charge on any atom is 0.344 e. The van der Waals surface area contributed by atoms with Gasteiger partial charge >= 0.3 is 12.1 Å². The number of nitrogens with one attached hydrogen (secondary N) is 2. The highest BCUT2D eigenvalue weighted by Crippen LogP contribution is 2.25. The zero-order chi connectivity index (χ0) is 21.6. The summed E-state index contributed by atoms with van der Waals surface area (Å²) in [6.45, 7) is 0. The lowest BCUT2D eigenvalue weighted by atomic mass is 10.3. The van der Waals surface area contributed by atoms with Gasteiger partial charge in [-0.1, -0.05) is 48.5 Å². The smallest absolute Gasteiger partial charge is 0.344 e. The van der Waals surface area contributed by atoms with Crippen LogP contribution < -0.4 is 19.7 Å². The van der Waals surface area contributed by atoms with E-state index in [4.69, 9.17) is 4.74 Å². The van der Waals surface area contributed by atoms with E-state index in [-0.39, 0.29) is 10.6 Å². The van der Waals surface area contributed by atoms with Gasteiger partial charge in [0.05, 0.1) is 23.4 Å². The molecule has 0 radical (unpaired) electrons. The molecule has 0 aliphatic rings. The van der Waals surface area contributed by atoms with Crippen LogP contribution in [-0.4, -0.2) is 27.6 Å². The summed E-state index contributed by atoms with van der Waals surface area (Å²) in [5.41, 5.74) is 0.409. The molecule has 0 fully saturated rings. The number of imide groups is 1. The fourth-order valence-electron chi connectivity index (χ4n) is 2.68. The minimum Gasteiger partial charge on any atom is -0.495 e. The summed E-state index contributed by atoms with van der Waals surface area (Å²) in [5.74, 6) is 0.386. The standard InChI is InChI=1S/C21H19N3O5S/c1-29-19-15-9-8-14-18(19)22-20(25)23-21(26)24(16-10-4-2-5-11-16)30(27,28)17-12-6-3-7-13-17/h2-15H,1H3,(H2,22,23,25,26). The van der Waals surface area contributed by atoms with Crippen LogP contribution in [0.2, 0.25) is 0 Å². The summed E-state index contributed by atoms with van der Waals surface area (Å²) in [7, 11) is -2.83. The summed E-state index contributed by atoms with van der Waals surface area (Å²) in [4.78, 5) is 25.1. The topological polar surface area (TPSA) is 105 Å². The Kier molecular flexibility index (Phi) is 6.33. The number of hydrogen-bond acceptors (Lipinski definition) is 5. The lowest BCUT2D eigenvalue weighted by Gasteiger charge is -2.22. The Hall–Kier alpha value is -3.85. The maximum absolute atomic E-state index is 13.1. The number of carbonyl (C=O) groups excluding carboxylic acids is 2. The van der Waals surface area contributed by atoms with E-state index in [1.54, 1.807) is 60.7 Å². The van der Waals surface area contributed by atoms with E-state index in [2.05, 4.69) is 10.6 Å². The minimum absolute atomic E-state index is 0.0870. The molecule has 2 N–H and O–H groups in total. The van der Waals surface area contributed by atoms with Gasteiger partial charge in [-0.3, -0.25) is 5.32 Å². The van der Waals surface area contributed by atoms with Crippen molar-refractivity contribution in [3.8, 4) is 5.75 Å². The van der Waals surface area contributed by atoms with E-state index in [0.717, 1.165) is 0 Å². The predicted octanol–water partition coefficient (Wildman–Crippen LogP) is 3.83. The van der Waals surface area contributed by atoms with Gasteiger partial charge in [0.1, 0.15) is 5.75 Å². The lowest BCUT2D eigenvalue weighted by molar-refractivity contribution is 0.238. The Bertz CT molecular complexity index is 1140. The Labute approximate surface area is 174 Å². The molecule has 0 spiro atoms. The van der Waals surface area contributed by atoms with Crippen molar-refractivity contribution in [3.63, 3.8) is 0 Å². The quantitative estimate of drug-likeness (QED) is 0.646. The fraction of sp³-hybridized carbons (Fsp3) is 0.0476. The molecule has 0 aromatic heterocycles. The largest absolute Gasteiger partial charge is 0.495 e. The third-order valence-corrected chi connectivity index (χ3v) is 5.76. The molecule has 3 aromatic carbocycles. The molecule has 8 nitrogen and oxygen atoms in total. The average molecular weight is 425 g/mol. The van der Waals surface area contributed by atoms with Crippen LogP contribution in [0, 0.1) is 0 Å². The summed E-state index contributed by atoms with van der Waals surface area (Å²) in [5, 5.41) is 4.53. The molecule has 0 saturated heterocycles. The van der Waals surface area contributed by atoms with Gasteiger partial charge in [-0.05, 0) is 36.4 Å². The predicted molar refractivity (Wildman–Crippen MR) is 113 cm³/mol. The van der Waals surface area contributed by atoms with Crippen LogP contribution in [0.1, 0.15) is 0 Å². The van der Waals surface area contributed by atoms with Gasteiger partial charge in [0, 0.05) is 0 Å². The second-order valence-corrected chi connectivity index (χ2v) is 7.79. The molecule has 0 aliphatic heterocycles. The maximum atomic E-state index is 13.1. The molecule has 30 heavy (non-hydrogen) atoms. The van der Waals surface area contributed by atoms with E-state index < -0.39 is 22.1 Å². The van der Waals surface area contributed by atoms with Crippen LogP contribution in [0.5, 0.6) is 5.75 Å². The summed E-state index contributed by atoms with van der Waals surface area (Å²) < 4.78 is 31.9. The van der Waals surface area contributed by atoms with Crippen LogP contribution in [0.3, 0.4) is 0 Å². The van der Waals surface area contributed by atoms with Crippen molar-refractivity contribution in [2.24, 2.45) is 0 Å². The first kappa shape index (κ1) is 20.9. The van der Waals surface area contributed by atoms with Crippen molar-refractivity contribution in [1.82, 2.24) is 5.32 Å². The zero-order valence-electron chi connectivity index (χ0n) is 16.0. The second kappa shape index (κ2) is 9.10. The molecule has 9 heteroatoms. The number of carbonyl (C=O) groups is 2. The van der Waals surface area contributed by atoms with Gasteiger partial charge in [-0.15, -0.1) is 0 Å². The molecule has 0 atom stereocenters. The van der Waals surface area contributed by atoms with Crippen LogP contribution in [-0.2, 0) is 10.0 Å². The molecule has 0 bridgehead atoms. The van der Waals surface area contributed by atoms with Gasteiger partial charge in [-0.25, -0.2) is 18.0 Å². The molecule has 0 aliphatic carbocycles. The molecule has 0 saturated carbocycles. The monoisotopic (exact) mass is 425 g/mol. The molecule has 3 aromatic rings. The summed E-state index contributed by atoms with van der Waals surface area (Å²) in [6, 6.07) is 19.8. The van der Waals surface area contributed by atoms with Crippen LogP contribution in [0.25, 0.3) is 0 Å². The van der Waals surface area contributed by atoms with Crippen molar-refractivity contribution in [2.75, 3.05) is 16.7 Å². The highest BCUT2D eigenvalue weighted by molar-refractivity contribution is 7.93. The molecule has 4 amide bonds. The Morgan fingerprint density at radius 2 is 1.40 bits per heavy atom. The number of benzene rings is 3. The first-order valence-electron chi connectivity index (χ1n) is 8.84. The van der Waals surface area contributed by atoms with E-state index in [1.165, 1.54) is 31.4 Å². The third-order valence-electron chi connectivity index (χ3n) is 4.03. The van der Waals surface area contributed by atoms with Gasteiger partial charge in [0.15, 0.2) is 0 Å². The number of urea groups is 2. The number of para-hydroxylation sites is 3. The molecular formula is C21H19N3O5S. The minimum atomic E-state index is -4.27. The number of methoxy groups -OCH3 is 1. The average Bonchev–Trinajstić information content (AvgIpc) is 2.75. The summed E-state index contributed by atoms with van der Waals surface area (Å²) >= 11 is 0. The van der Waals surface area contributed by atoms with Crippen molar-refractivity contribution < 1.29 is 22.7 Å². The molecule has 3 rings (SSSR count). The lowest BCUT2D eigenvalue weighted by Crippen LogP contribution is -2.47. The van der Waals surface area contributed by atoms with E-state index in [0.29, 0.717) is 15.7 Å². The Morgan fingerprint density at radius 3 is 2.03 bits per heavy atom. The van der Waals surface area contributed by atoms with E-state index in [1.807, 2.05) is 0 Å². The van der Waals surface area contributed by atoms with Crippen LogP contribution in [0.15, 0.2) is 89.8 Å². The van der Waals surface area contributed by atoms with Crippen LogP contribution in [0.4, 0.5) is 21.0 Å². The number of sulfonamides is 1. The molecule has 0 unspecified atom stereocenters. The fourth-order valence-corrected chi connectivity index (χ4v) is 4.05. The molecular weight excluding hydrogens is 406 g/mol. The third kappa shape index (κ3) is 4.58. The van der Waals surface area contributed by atoms with Crippen molar-refractivity contribution >= 4 is 33.5 Å². The summed E-state index contributed by atoms with van der Waals surface area (Å²) in [6.07, 6.45) is 0. The number of hydrogen-bond donors (Lipinski definition) is 2. The number of rotatable bonds is 5. The van der Waals surface area contributed by atoms with Crippen molar-refractivity contribution in [3.05, 3.63) is 84.9 Å². The highest BCUT2D eigenvalue weighted by atomic mass is 32.2. The number of anilines is 2. The Balaban J connectivity index is 1.89. The van der Waals surface area contributed by atoms with Gasteiger partial charge in [0.2, 0.25) is 0 Å². The molecule has 154 valence electrons. The van der Waals surface area contributed by atoms with E-state index >= 15 is 0 Å². The SMILES string of the molecule is COc1ccccc1NC(=O)NC(=O)N(c1ccccc1)S(=O)(=O)c1ccccc1. The number of ether oxygens (including phenoxy) is 1. The van der Waals surface area contributed by atoms with Crippen LogP contribution >= 0.6 is 0 Å².